The van der Waals surface area contributed by atoms with Gasteiger partial charge in [-0.15, -0.1) is 6.58 Å². The van der Waals surface area contributed by atoms with Gasteiger partial charge in [0.05, 0.1) is 6.54 Å². The molecule has 0 aliphatic rings. The first-order chi connectivity index (χ1) is 9.40. The van der Waals surface area contributed by atoms with E-state index in [2.05, 4.69) is 22.9 Å². The van der Waals surface area contributed by atoms with Gasteiger partial charge in [0.2, 0.25) is 0 Å². The van der Waals surface area contributed by atoms with Crippen LogP contribution in [0.2, 0.25) is 0 Å². The first-order valence-corrected chi connectivity index (χ1v) is 6.36. The van der Waals surface area contributed by atoms with Gasteiger partial charge < -0.3 is 10.1 Å². The molecule has 0 bridgehead atoms. The average Bonchev–Trinajstić information content (AvgIpc) is 2.47. The molecule has 1 aromatic carbocycles. The minimum atomic E-state index is 0.602. The van der Waals surface area contributed by atoms with Gasteiger partial charge in [0.1, 0.15) is 18.2 Å². The van der Waals surface area contributed by atoms with Gasteiger partial charge in [-0.1, -0.05) is 30.3 Å². The number of anilines is 1. The van der Waals surface area contributed by atoms with Crippen LogP contribution in [0.1, 0.15) is 5.56 Å². The molecule has 0 radical (unpaired) electrons. The standard InChI is InChI=1S/C16H18N2O/c1-2-7-14-8-3-4-9-15(14)19-13-12-18-16-10-5-6-11-17-16/h2-6,8-11H,1,7,12-13H2,(H,17,18). The van der Waals surface area contributed by atoms with Crippen molar-refractivity contribution in [2.75, 3.05) is 18.5 Å². The molecule has 98 valence electrons. The van der Waals surface area contributed by atoms with E-state index in [4.69, 9.17) is 4.74 Å². The zero-order chi connectivity index (χ0) is 13.3. The normalized spacial score (nSPS) is 9.89. The lowest BCUT2D eigenvalue weighted by Gasteiger charge is -2.11. The zero-order valence-corrected chi connectivity index (χ0v) is 10.9. The van der Waals surface area contributed by atoms with E-state index in [1.165, 1.54) is 0 Å². The van der Waals surface area contributed by atoms with Crippen molar-refractivity contribution >= 4 is 5.82 Å². The third-order valence-electron chi connectivity index (χ3n) is 2.67. The van der Waals surface area contributed by atoms with E-state index < -0.39 is 0 Å². The highest BCUT2D eigenvalue weighted by Crippen LogP contribution is 2.18. The maximum absolute atomic E-state index is 5.77. The third-order valence-corrected chi connectivity index (χ3v) is 2.67. The van der Waals surface area contributed by atoms with Crippen LogP contribution in [0.3, 0.4) is 0 Å². The van der Waals surface area contributed by atoms with Crippen molar-refractivity contribution in [2.24, 2.45) is 0 Å². The van der Waals surface area contributed by atoms with Gasteiger partial charge in [-0.25, -0.2) is 4.98 Å². The molecular weight excluding hydrogens is 236 g/mol. The van der Waals surface area contributed by atoms with Crippen LogP contribution in [-0.4, -0.2) is 18.1 Å². The van der Waals surface area contributed by atoms with E-state index in [0.717, 1.165) is 30.1 Å². The molecule has 2 aromatic rings. The maximum Gasteiger partial charge on any atom is 0.125 e. The summed E-state index contributed by atoms with van der Waals surface area (Å²) in [5, 5.41) is 3.21. The maximum atomic E-state index is 5.77. The van der Waals surface area contributed by atoms with Crippen molar-refractivity contribution in [3.8, 4) is 5.75 Å². The lowest BCUT2D eigenvalue weighted by atomic mass is 10.1. The first-order valence-electron chi connectivity index (χ1n) is 6.36. The van der Waals surface area contributed by atoms with Gasteiger partial charge in [-0.2, -0.15) is 0 Å². The third kappa shape index (κ3) is 4.14. The summed E-state index contributed by atoms with van der Waals surface area (Å²) in [5.74, 6) is 1.79. The number of hydrogen-bond donors (Lipinski definition) is 1. The molecule has 1 aromatic heterocycles. The Hall–Kier alpha value is -2.29. The SMILES string of the molecule is C=CCc1ccccc1OCCNc1ccccn1. The molecule has 0 unspecified atom stereocenters. The summed E-state index contributed by atoms with van der Waals surface area (Å²) < 4.78 is 5.77. The van der Waals surface area contributed by atoms with Crippen LogP contribution >= 0.6 is 0 Å². The fraction of sp³-hybridized carbons (Fsp3) is 0.188. The molecule has 0 aliphatic heterocycles. The fourth-order valence-electron chi connectivity index (χ4n) is 1.78. The van der Waals surface area contributed by atoms with Gasteiger partial charge in [0.25, 0.3) is 0 Å². The Kier molecular flexibility index (Phi) is 4.99. The lowest BCUT2D eigenvalue weighted by molar-refractivity contribution is 0.330. The van der Waals surface area contributed by atoms with E-state index in [9.17, 15) is 0 Å². The highest BCUT2D eigenvalue weighted by molar-refractivity contribution is 5.35. The van der Waals surface area contributed by atoms with Gasteiger partial charge in [-0.3, -0.25) is 0 Å². The molecule has 0 aliphatic carbocycles. The van der Waals surface area contributed by atoms with Gasteiger partial charge in [0.15, 0.2) is 0 Å². The number of para-hydroxylation sites is 1. The summed E-state index contributed by atoms with van der Waals surface area (Å²) >= 11 is 0. The predicted molar refractivity (Wildman–Crippen MR) is 78.6 cm³/mol. The molecule has 0 atom stereocenters. The Morgan fingerprint density at radius 3 is 2.79 bits per heavy atom. The summed E-state index contributed by atoms with van der Waals surface area (Å²) in [7, 11) is 0. The quantitative estimate of drug-likeness (QED) is 0.608. The Bertz CT molecular complexity index is 511. The largest absolute Gasteiger partial charge is 0.491 e. The second kappa shape index (κ2) is 7.21. The molecule has 3 heteroatoms. The van der Waals surface area contributed by atoms with Crippen LogP contribution in [0, 0.1) is 0 Å². The van der Waals surface area contributed by atoms with Crippen molar-refractivity contribution in [3.63, 3.8) is 0 Å². The molecule has 19 heavy (non-hydrogen) atoms. The first kappa shape index (κ1) is 13.1. The molecular formula is C16H18N2O. The minimum absolute atomic E-state index is 0.602. The molecule has 0 fully saturated rings. The predicted octanol–water partition coefficient (Wildman–Crippen LogP) is 3.30. The van der Waals surface area contributed by atoms with Crippen LogP contribution in [0.4, 0.5) is 5.82 Å². The van der Waals surface area contributed by atoms with E-state index >= 15 is 0 Å². The van der Waals surface area contributed by atoms with E-state index in [1.54, 1.807) is 6.20 Å². The topological polar surface area (TPSA) is 34.1 Å². The zero-order valence-electron chi connectivity index (χ0n) is 10.9. The number of aromatic nitrogens is 1. The Balaban J connectivity index is 1.81. The number of nitrogens with one attached hydrogen (secondary N) is 1. The highest BCUT2D eigenvalue weighted by Gasteiger charge is 2.00. The Morgan fingerprint density at radius 2 is 2.00 bits per heavy atom. The van der Waals surface area contributed by atoms with Crippen molar-refractivity contribution in [1.82, 2.24) is 4.98 Å². The molecule has 0 amide bonds. The van der Waals surface area contributed by atoms with Crippen LogP contribution in [0.5, 0.6) is 5.75 Å². The molecule has 0 spiro atoms. The monoisotopic (exact) mass is 254 g/mol. The van der Waals surface area contributed by atoms with Gasteiger partial charge in [0, 0.05) is 6.20 Å². The number of nitrogens with zero attached hydrogens (tertiary/aromatic N) is 1. The van der Waals surface area contributed by atoms with Crippen molar-refractivity contribution in [3.05, 3.63) is 66.9 Å². The van der Waals surface area contributed by atoms with E-state index in [-0.39, 0.29) is 0 Å². The van der Waals surface area contributed by atoms with E-state index in [0.29, 0.717) is 6.61 Å². The molecule has 1 N–H and O–H groups in total. The smallest absolute Gasteiger partial charge is 0.125 e. The van der Waals surface area contributed by atoms with Crippen molar-refractivity contribution in [1.29, 1.82) is 0 Å². The minimum Gasteiger partial charge on any atom is -0.491 e. The summed E-state index contributed by atoms with van der Waals surface area (Å²) in [6, 6.07) is 13.8. The van der Waals surface area contributed by atoms with Gasteiger partial charge >= 0.3 is 0 Å². The van der Waals surface area contributed by atoms with Crippen molar-refractivity contribution in [2.45, 2.75) is 6.42 Å². The summed E-state index contributed by atoms with van der Waals surface area (Å²) in [5.41, 5.74) is 1.16. The summed E-state index contributed by atoms with van der Waals surface area (Å²) in [6.45, 7) is 5.08. The molecule has 0 saturated heterocycles. The summed E-state index contributed by atoms with van der Waals surface area (Å²) in [4.78, 5) is 4.19. The van der Waals surface area contributed by atoms with Crippen LogP contribution in [-0.2, 0) is 6.42 Å². The number of rotatable bonds is 7. The Morgan fingerprint density at radius 1 is 1.16 bits per heavy atom. The van der Waals surface area contributed by atoms with Crippen LogP contribution in [0.25, 0.3) is 0 Å². The average molecular weight is 254 g/mol. The van der Waals surface area contributed by atoms with Crippen LogP contribution in [0.15, 0.2) is 61.3 Å². The molecule has 3 nitrogen and oxygen atoms in total. The van der Waals surface area contributed by atoms with Gasteiger partial charge in [-0.05, 0) is 30.2 Å². The van der Waals surface area contributed by atoms with E-state index in [1.807, 2.05) is 42.5 Å². The summed E-state index contributed by atoms with van der Waals surface area (Å²) in [6.07, 6.45) is 4.47. The second-order valence-electron chi connectivity index (χ2n) is 4.09. The molecule has 1 heterocycles. The fourth-order valence-corrected chi connectivity index (χ4v) is 1.78. The van der Waals surface area contributed by atoms with Crippen molar-refractivity contribution < 1.29 is 4.74 Å². The lowest BCUT2D eigenvalue weighted by Crippen LogP contribution is -2.12. The number of benzene rings is 1. The number of ether oxygens (including phenoxy) is 1. The number of pyridine rings is 1. The Labute approximate surface area is 114 Å². The molecule has 0 saturated carbocycles. The molecule has 2 rings (SSSR count). The van der Waals surface area contributed by atoms with Crippen LogP contribution < -0.4 is 10.1 Å². The number of hydrogen-bond acceptors (Lipinski definition) is 3. The number of allylic oxidation sites excluding steroid dienone is 1. The second-order valence-corrected chi connectivity index (χ2v) is 4.09. The highest BCUT2D eigenvalue weighted by atomic mass is 16.5.